The van der Waals surface area contributed by atoms with E-state index >= 15 is 0 Å². The van der Waals surface area contributed by atoms with E-state index in [9.17, 15) is 12.8 Å². The van der Waals surface area contributed by atoms with Gasteiger partial charge in [-0.15, -0.1) is 0 Å². The summed E-state index contributed by atoms with van der Waals surface area (Å²) in [5.74, 6) is -0.641. The highest BCUT2D eigenvalue weighted by molar-refractivity contribution is 7.90. The van der Waals surface area contributed by atoms with Crippen molar-refractivity contribution in [1.82, 2.24) is 0 Å². The van der Waals surface area contributed by atoms with Crippen LogP contribution in [0.5, 0.6) is 5.75 Å². The zero-order chi connectivity index (χ0) is 10.1. The summed E-state index contributed by atoms with van der Waals surface area (Å²) in [6.45, 7) is 0. The predicted octanol–water partition coefficient (Wildman–Crippen LogP) is 1.24. The minimum Gasteiger partial charge on any atom is -0.494 e. The zero-order valence-electron chi connectivity index (χ0n) is 7.24. The maximum absolute atomic E-state index is 12.8. The molecule has 0 fully saturated rings. The van der Waals surface area contributed by atoms with Crippen molar-refractivity contribution >= 4 is 9.84 Å². The van der Waals surface area contributed by atoms with Crippen LogP contribution >= 0.6 is 0 Å². The van der Waals surface area contributed by atoms with Crippen LogP contribution in [0, 0.1) is 5.82 Å². The van der Waals surface area contributed by atoms with Gasteiger partial charge >= 0.3 is 0 Å². The molecule has 5 heteroatoms. The van der Waals surface area contributed by atoms with Crippen molar-refractivity contribution in [2.75, 3.05) is 13.4 Å². The second-order valence-electron chi connectivity index (χ2n) is 2.57. The zero-order valence-corrected chi connectivity index (χ0v) is 8.06. The molecule has 0 unspecified atom stereocenters. The van der Waals surface area contributed by atoms with Crippen LogP contribution in [0.2, 0.25) is 0 Å². The summed E-state index contributed by atoms with van der Waals surface area (Å²) in [5.41, 5.74) is 0. The van der Waals surface area contributed by atoms with Crippen molar-refractivity contribution in [2.24, 2.45) is 0 Å². The third-order valence-electron chi connectivity index (χ3n) is 1.55. The lowest BCUT2D eigenvalue weighted by molar-refractivity contribution is 0.385. The van der Waals surface area contributed by atoms with Gasteiger partial charge in [0.05, 0.1) is 12.0 Å². The summed E-state index contributed by atoms with van der Waals surface area (Å²) >= 11 is 0. The van der Waals surface area contributed by atoms with Crippen LogP contribution in [0.25, 0.3) is 0 Å². The van der Waals surface area contributed by atoms with Gasteiger partial charge in [-0.2, -0.15) is 0 Å². The lowest BCUT2D eigenvalue weighted by Crippen LogP contribution is -1.98. The van der Waals surface area contributed by atoms with Crippen LogP contribution in [0.1, 0.15) is 0 Å². The van der Waals surface area contributed by atoms with E-state index in [-0.39, 0.29) is 10.6 Å². The molecule has 0 aromatic heterocycles. The largest absolute Gasteiger partial charge is 0.494 e. The highest BCUT2D eigenvalue weighted by Crippen LogP contribution is 2.20. The predicted molar refractivity (Wildman–Crippen MR) is 46.1 cm³/mol. The first kappa shape index (κ1) is 9.98. The van der Waals surface area contributed by atoms with Gasteiger partial charge in [0.15, 0.2) is 21.4 Å². The van der Waals surface area contributed by atoms with Crippen LogP contribution in [0.4, 0.5) is 4.39 Å². The van der Waals surface area contributed by atoms with Crippen molar-refractivity contribution < 1.29 is 17.5 Å². The fraction of sp³-hybridized carbons (Fsp3) is 0.250. The fourth-order valence-corrected chi connectivity index (χ4v) is 1.51. The van der Waals surface area contributed by atoms with Gasteiger partial charge in [0.2, 0.25) is 0 Å². The van der Waals surface area contributed by atoms with Crippen molar-refractivity contribution in [2.45, 2.75) is 4.90 Å². The molecule has 0 saturated heterocycles. The third-order valence-corrected chi connectivity index (χ3v) is 2.66. The van der Waals surface area contributed by atoms with Crippen LogP contribution in [-0.2, 0) is 9.84 Å². The Bertz CT molecular complexity index is 411. The minimum absolute atomic E-state index is 0.0470. The highest BCUT2D eigenvalue weighted by Gasteiger charge is 2.10. The van der Waals surface area contributed by atoms with Crippen LogP contribution < -0.4 is 4.74 Å². The lowest BCUT2D eigenvalue weighted by atomic mass is 10.3. The number of sulfone groups is 1. The molecule has 0 heterocycles. The lowest BCUT2D eigenvalue weighted by Gasteiger charge is -2.03. The number of methoxy groups -OCH3 is 1. The molecule has 0 amide bonds. The summed E-state index contributed by atoms with van der Waals surface area (Å²) in [5, 5.41) is 0. The average Bonchev–Trinajstić information content (AvgIpc) is 2.03. The molecule has 0 saturated carbocycles. The van der Waals surface area contributed by atoms with E-state index < -0.39 is 15.7 Å². The van der Waals surface area contributed by atoms with E-state index in [2.05, 4.69) is 4.74 Å². The molecule has 0 aliphatic rings. The second kappa shape index (κ2) is 3.33. The molecule has 3 nitrogen and oxygen atoms in total. The maximum Gasteiger partial charge on any atom is 0.175 e. The SMILES string of the molecule is COc1cc(S(C)(=O)=O)ccc1F. The molecule has 0 aliphatic carbocycles. The molecule has 0 radical (unpaired) electrons. The monoisotopic (exact) mass is 204 g/mol. The summed E-state index contributed by atoms with van der Waals surface area (Å²) in [4.78, 5) is 0.0470. The summed E-state index contributed by atoms with van der Waals surface area (Å²) in [6.07, 6.45) is 1.06. The first-order valence-corrected chi connectivity index (χ1v) is 5.38. The molecule has 1 rings (SSSR count). The third kappa shape index (κ3) is 2.18. The average molecular weight is 204 g/mol. The molecule has 0 atom stereocenters. The summed E-state index contributed by atoms with van der Waals surface area (Å²) < 4.78 is 39.5. The Morgan fingerprint density at radius 3 is 2.46 bits per heavy atom. The van der Waals surface area contributed by atoms with Crippen LogP contribution in [-0.4, -0.2) is 21.8 Å². The van der Waals surface area contributed by atoms with Crippen LogP contribution in [0.3, 0.4) is 0 Å². The first-order chi connectivity index (χ1) is 5.95. The molecule has 0 bridgehead atoms. The van der Waals surface area contributed by atoms with E-state index in [0.29, 0.717) is 0 Å². The number of rotatable bonds is 2. The Morgan fingerprint density at radius 2 is 2.00 bits per heavy atom. The molecule has 13 heavy (non-hydrogen) atoms. The van der Waals surface area contributed by atoms with E-state index in [1.54, 1.807) is 0 Å². The molecular weight excluding hydrogens is 195 g/mol. The van der Waals surface area contributed by atoms with Crippen molar-refractivity contribution in [3.8, 4) is 5.75 Å². The van der Waals surface area contributed by atoms with Gasteiger partial charge in [0.25, 0.3) is 0 Å². The Labute approximate surface area is 76.1 Å². The first-order valence-electron chi connectivity index (χ1n) is 3.49. The van der Waals surface area contributed by atoms with E-state index in [1.165, 1.54) is 13.2 Å². The number of hydrogen-bond acceptors (Lipinski definition) is 3. The number of halogens is 1. The molecular formula is C8H9FO3S. The number of benzene rings is 1. The number of hydrogen-bond donors (Lipinski definition) is 0. The van der Waals surface area contributed by atoms with Gasteiger partial charge in [-0.3, -0.25) is 0 Å². The quantitative estimate of drug-likeness (QED) is 0.681. The fourth-order valence-electron chi connectivity index (χ4n) is 0.871. The van der Waals surface area contributed by atoms with Gasteiger partial charge in [-0.1, -0.05) is 0 Å². The van der Waals surface area contributed by atoms with E-state index in [4.69, 9.17) is 0 Å². The number of ether oxygens (including phenoxy) is 1. The standard InChI is InChI=1S/C8H9FO3S/c1-12-8-5-6(13(2,10)11)3-4-7(8)9/h3-5H,1-2H3. The maximum atomic E-state index is 12.8. The molecule has 72 valence electrons. The Hall–Kier alpha value is -1.10. The topological polar surface area (TPSA) is 43.4 Å². The van der Waals surface area contributed by atoms with Gasteiger partial charge < -0.3 is 4.74 Å². The molecule has 0 N–H and O–H groups in total. The normalized spacial score (nSPS) is 11.3. The van der Waals surface area contributed by atoms with Gasteiger partial charge in [0, 0.05) is 12.3 Å². The minimum atomic E-state index is -3.30. The Morgan fingerprint density at radius 1 is 1.38 bits per heavy atom. The molecule has 1 aromatic carbocycles. The highest BCUT2D eigenvalue weighted by atomic mass is 32.2. The summed E-state index contributed by atoms with van der Waals surface area (Å²) in [7, 11) is -2.02. The van der Waals surface area contributed by atoms with E-state index in [0.717, 1.165) is 18.4 Å². The van der Waals surface area contributed by atoms with Crippen molar-refractivity contribution in [3.05, 3.63) is 24.0 Å². The Balaban J connectivity index is 3.30. The second-order valence-corrected chi connectivity index (χ2v) is 4.58. The van der Waals surface area contributed by atoms with Gasteiger partial charge in [-0.05, 0) is 12.1 Å². The van der Waals surface area contributed by atoms with Crippen molar-refractivity contribution in [3.63, 3.8) is 0 Å². The van der Waals surface area contributed by atoms with Gasteiger partial charge in [0.1, 0.15) is 0 Å². The molecule has 0 spiro atoms. The van der Waals surface area contributed by atoms with Crippen LogP contribution in [0.15, 0.2) is 23.1 Å². The van der Waals surface area contributed by atoms with E-state index in [1.807, 2.05) is 0 Å². The molecule has 1 aromatic rings. The summed E-state index contributed by atoms with van der Waals surface area (Å²) in [6, 6.07) is 3.42. The Kier molecular flexibility index (Phi) is 2.56. The molecule has 0 aliphatic heterocycles. The van der Waals surface area contributed by atoms with Crippen molar-refractivity contribution in [1.29, 1.82) is 0 Å². The smallest absolute Gasteiger partial charge is 0.175 e. The van der Waals surface area contributed by atoms with Gasteiger partial charge in [-0.25, -0.2) is 12.8 Å².